The first kappa shape index (κ1) is 15.5. The fraction of sp³-hybridized carbons (Fsp3) is 0.0714. The number of halogens is 3. The van der Waals surface area contributed by atoms with E-state index in [1.165, 1.54) is 6.07 Å². The molecule has 22 heavy (non-hydrogen) atoms. The molecule has 0 aliphatic carbocycles. The summed E-state index contributed by atoms with van der Waals surface area (Å²) in [5.74, 6) is -5.23. The van der Waals surface area contributed by atoms with Gasteiger partial charge in [-0.3, -0.25) is 4.79 Å². The first-order chi connectivity index (χ1) is 10.4. The molecule has 2 N–H and O–H groups in total. The van der Waals surface area contributed by atoms with E-state index >= 15 is 0 Å². The molecular formula is C14H9F3N2O3. The molecule has 0 radical (unpaired) electrons. The number of rotatable bonds is 4. The summed E-state index contributed by atoms with van der Waals surface area (Å²) in [7, 11) is 0. The summed E-state index contributed by atoms with van der Waals surface area (Å²) in [6.07, 6.45) is 1.02. The van der Waals surface area contributed by atoms with E-state index in [9.17, 15) is 22.8 Å². The number of carbonyl (C=O) groups excluding carboxylic acids is 1. The van der Waals surface area contributed by atoms with Crippen molar-refractivity contribution in [2.45, 2.75) is 6.54 Å². The molecule has 0 aliphatic heterocycles. The molecule has 1 aromatic carbocycles. The summed E-state index contributed by atoms with van der Waals surface area (Å²) in [4.78, 5) is 25.9. The Morgan fingerprint density at radius 3 is 2.27 bits per heavy atom. The number of carboxylic acid groups (broad SMARTS) is 1. The number of carbonyl (C=O) groups is 2. The number of hydrogen-bond donors (Lipinski definition) is 2. The standard InChI is InChI=1S/C14H9F3N2O3/c15-8-3-10(16)9(11(17)4-8)6-19-13(20)7-1-2-12(14(21)22)18-5-7/h1-5H,6H2,(H,19,20)(H,21,22). The van der Waals surface area contributed by atoms with Gasteiger partial charge in [-0.15, -0.1) is 0 Å². The Labute approximate surface area is 122 Å². The van der Waals surface area contributed by atoms with Crippen LogP contribution in [0.3, 0.4) is 0 Å². The van der Waals surface area contributed by atoms with Crippen LogP contribution >= 0.6 is 0 Å². The highest BCUT2D eigenvalue weighted by atomic mass is 19.1. The maximum absolute atomic E-state index is 13.4. The van der Waals surface area contributed by atoms with Gasteiger partial charge in [0.15, 0.2) is 0 Å². The molecule has 114 valence electrons. The normalized spacial score (nSPS) is 10.3. The minimum absolute atomic E-state index is 0.0212. The molecule has 2 rings (SSSR count). The van der Waals surface area contributed by atoms with Gasteiger partial charge in [0.25, 0.3) is 5.91 Å². The van der Waals surface area contributed by atoms with Gasteiger partial charge in [-0.1, -0.05) is 0 Å². The SMILES string of the molecule is O=C(NCc1c(F)cc(F)cc1F)c1ccc(C(=O)O)nc1. The Hall–Kier alpha value is -2.90. The quantitative estimate of drug-likeness (QED) is 0.906. The largest absolute Gasteiger partial charge is 0.477 e. The van der Waals surface area contributed by atoms with Crippen LogP contribution in [-0.4, -0.2) is 22.0 Å². The van der Waals surface area contributed by atoms with Crippen LogP contribution in [0.5, 0.6) is 0 Å². The summed E-state index contributed by atoms with van der Waals surface area (Å²) < 4.78 is 39.5. The van der Waals surface area contributed by atoms with Crippen molar-refractivity contribution < 1.29 is 27.9 Å². The van der Waals surface area contributed by atoms with Gasteiger partial charge in [0, 0.05) is 30.4 Å². The van der Waals surface area contributed by atoms with Crippen molar-refractivity contribution in [1.82, 2.24) is 10.3 Å². The van der Waals surface area contributed by atoms with E-state index in [1.807, 2.05) is 0 Å². The minimum Gasteiger partial charge on any atom is -0.477 e. The van der Waals surface area contributed by atoms with E-state index in [0.717, 1.165) is 12.3 Å². The van der Waals surface area contributed by atoms with Crippen LogP contribution in [0.15, 0.2) is 30.5 Å². The van der Waals surface area contributed by atoms with E-state index in [4.69, 9.17) is 5.11 Å². The molecule has 8 heteroatoms. The average molecular weight is 310 g/mol. The third-order valence-electron chi connectivity index (χ3n) is 2.78. The number of benzene rings is 1. The van der Waals surface area contributed by atoms with Gasteiger partial charge in [0.1, 0.15) is 23.1 Å². The molecule has 0 fully saturated rings. The summed E-state index contributed by atoms with van der Waals surface area (Å²) in [5.41, 5.74) is -0.704. The van der Waals surface area contributed by atoms with Gasteiger partial charge in [0.2, 0.25) is 0 Å². The van der Waals surface area contributed by atoms with Crippen molar-refractivity contribution in [3.63, 3.8) is 0 Å². The fourth-order valence-electron chi connectivity index (χ4n) is 1.67. The zero-order valence-corrected chi connectivity index (χ0v) is 10.9. The number of nitrogens with zero attached hydrogens (tertiary/aromatic N) is 1. The van der Waals surface area contributed by atoms with E-state index < -0.39 is 41.4 Å². The minimum atomic E-state index is -1.25. The molecule has 0 spiro atoms. The van der Waals surface area contributed by atoms with E-state index in [-0.39, 0.29) is 11.3 Å². The number of nitrogens with one attached hydrogen (secondary N) is 1. The number of amides is 1. The van der Waals surface area contributed by atoms with Crippen molar-refractivity contribution >= 4 is 11.9 Å². The van der Waals surface area contributed by atoms with Crippen molar-refractivity contribution in [3.8, 4) is 0 Å². The first-order valence-corrected chi connectivity index (χ1v) is 5.99. The molecule has 5 nitrogen and oxygen atoms in total. The van der Waals surface area contributed by atoms with Gasteiger partial charge in [-0.2, -0.15) is 0 Å². The summed E-state index contributed by atoms with van der Waals surface area (Å²) in [6, 6.07) is 3.35. The second kappa shape index (κ2) is 6.25. The predicted octanol–water partition coefficient (Wildman–Crippen LogP) is 2.13. The highest BCUT2D eigenvalue weighted by molar-refractivity contribution is 5.94. The number of pyridine rings is 1. The lowest BCUT2D eigenvalue weighted by atomic mass is 10.1. The lowest BCUT2D eigenvalue weighted by Gasteiger charge is -2.07. The maximum Gasteiger partial charge on any atom is 0.354 e. The Kier molecular flexibility index (Phi) is 4.40. The van der Waals surface area contributed by atoms with Gasteiger partial charge in [-0.25, -0.2) is 22.9 Å². The topological polar surface area (TPSA) is 79.3 Å². The monoisotopic (exact) mass is 310 g/mol. The Bertz CT molecular complexity index is 710. The molecule has 1 amide bonds. The van der Waals surface area contributed by atoms with Crippen LogP contribution in [0.25, 0.3) is 0 Å². The Morgan fingerprint density at radius 2 is 1.77 bits per heavy atom. The fourth-order valence-corrected chi connectivity index (χ4v) is 1.67. The van der Waals surface area contributed by atoms with Crippen LogP contribution in [0.1, 0.15) is 26.4 Å². The molecule has 2 aromatic rings. The van der Waals surface area contributed by atoms with Crippen LogP contribution < -0.4 is 5.32 Å². The van der Waals surface area contributed by atoms with Crippen LogP contribution in [0.4, 0.5) is 13.2 Å². The van der Waals surface area contributed by atoms with Crippen molar-refractivity contribution in [2.24, 2.45) is 0 Å². The second-order valence-electron chi connectivity index (χ2n) is 4.27. The molecular weight excluding hydrogens is 301 g/mol. The number of aromatic nitrogens is 1. The van der Waals surface area contributed by atoms with E-state index in [1.54, 1.807) is 0 Å². The molecule has 0 saturated carbocycles. The van der Waals surface area contributed by atoms with Crippen LogP contribution in [-0.2, 0) is 6.54 Å². The third kappa shape index (κ3) is 3.40. The van der Waals surface area contributed by atoms with Crippen molar-refractivity contribution in [1.29, 1.82) is 0 Å². The van der Waals surface area contributed by atoms with Crippen molar-refractivity contribution in [3.05, 3.63) is 64.7 Å². The lowest BCUT2D eigenvalue weighted by molar-refractivity contribution is 0.0689. The van der Waals surface area contributed by atoms with E-state index in [0.29, 0.717) is 12.1 Å². The molecule has 0 aliphatic rings. The molecule has 0 unspecified atom stereocenters. The number of hydrogen-bond acceptors (Lipinski definition) is 3. The van der Waals surface area contributed by atoms with Gasteiger partial charge < -0.3 is 10.4 Å². The van der Waals surface area contributed by atoms with Crippen LogP contribution in [0, 0.1) is 17.5 Å². The Balaban J connectivity index is 2.08. The highest BCUT2D eigenvalue weighted by Gasteiger charge is 2.14. The summed E-state index contributed by atoms with van der Waals surface area (Å²) in [5, 5.41) is 10.9. The molecule has 1 heterocycles. The predicted molar refractivity (Wildman–Crippen MR) is 68.7 cm³/mol. The molecule has 1 aromatic heterocycles. The molecule has 0 atom stereocenters. The van der Waals surface area contributed by atoms with Gasteiger partial charge in [0.05, 0.1) is 5.56 Å². The highest BCUT2D eigenvalue weighted by Crippen LogP contribution is 2.14. The smallest absolute Gasteiger partial charge is 0.354 e. The molecule has 0 saturated heterocycles. The third-order valence-corrected chi connectivity index (χ3v) is 2.78. The lowest BCUT2D eigenvalue weighted by Crippen LogP contribution is -2.24. The second-order valence-corrected chi connectivity index (χ2v) is 4.27. The summed E-state index contributed by atoms with van der Waals surface area (Å²) in [6.45, 7) is -0.489. The van der Waals surface area contributed by atoms with Crippen molar-refractivity contribution in [2.75, 3.05) is 0 Å². The average Bonchev–Trinajstić information content (AvgIpc) is 2.46. The molecule has 0 bridgehead atoms. The number of aromatic carboxylic acids is 1. The van der Waals surface area contributed by atoms with Gasteiger partial charge >= 0.3 is 5.97 Å². The first-order valence-electron chi connectivity index (χ1n) is 5.99. The Morgan fingerprint density at radius 1 is 1.14 bits per heavy atom. The number of carboxylic acids is 1. The maximum atomic E-state index is 13.4. The zero-order valence-electron chi connectivity index (χ0n) is 10.9. The zero-order chi connectivity index (χ0) is 16.3. The van der Waals surface area contributed by atoms with Gasteiger partial charge in [-0.05, 0) is 12.1 Å². The summed E-state index contributed by atoms with van der Waals surface area (Å²) >= 11 is 0. The van der Waals surface area contributed by atoms with Crippen LogP contribution in [0.2, 0.25) is 0 Å². The van der Waals surface area contributed by atoms with E-state index in [2.05, 4.69) is 10.3 Å².